The van der Waals surface area contributed by atoms with Gasteiger partial charge >= 0.3 is 6.09 Å². The topological polar surface area (TPSA) is 46.6 Å². The van der Waals surface area contributed by atoms with Gasteiger partial charge in [-0.25, -0.2) is 4.79 Å². The van der Waals surface area contributed by atoms with E-state index in [1.54, 1.807) is 4.90 Å². The molecule has 0 fully saturated rings. The van der Waals surface area contributed by atoms with Gasteiger partial charge in [0.2, 0.25) is 0 Å². The van der Waals surface area contributed by atoms with Gasteiger partial charge < -0.3 is 14.4 Å². The Kier molecular flexibility index (Phi) is 3.60. The highest BCUT2D eigenvalue weighted by atomic mass is 16.6. The molecule has 0 saturated heterocycles. The van der Waals surface area contributed by atoms with Crippen LogP contribution in [-0.4, -0.2) is 29.4 Å². The molecule has 4 heteroatoms. The molecule has 0 spiro atoms. The number of fused-ring (bicyclic) bond motifs is 1. The number of amides is 1. The first-order chi connectivity index (χ1) is 8.90. The van der Waals surface area contributed by atoms with Crippen LogP contribution in [0.2, 0.25) is 0 Å². The largest absolute Gasteiger partial charge is 0.444 e. The lowest BCUT2D eigenvalue weighted by Gasteiger charge is -2.33. The van der Waals surface area contributed by atoms with Crippen molar-refractivity contribution in [2.24, 2.45) is 0 Å². The number of carbonyl (C=O) groups is 2. The molecule has 1 aliphatic rings. The molecule has 19 heavy (non-hydrogen) atoms. The molecule has 0 aliphatic carbocycles. The molecule has 1 amide bonds. The van der Waals surface area contributed by atoms with E-state index in [0.29, 0.717) is 13.1 Å². The minimum atomic E-state index is -0.523. The van der Waals surface area contributed by atoms with Crippen molar-refractivity contribution in [1.29, 1.82) is 0 Å². The Balaban J connectivity index is 2.19. The number of ether oxygens (including phenoxy) is 1. The number of rotatable bonds is 1. The fraction of sp³-hybridized carbons (Fsp3) is 0.467. The quantitative estimate of drug-likeness (QED) is 0.730. The molecule has 1 heterocycles. The zero-order valence-corrected chi connectivity index (χ0v) is 11.6. The normalized spacial score (nSPS) is 18.7. The van der Waals surface area contributed by atoms with Crippen LogP contribution in [0.5, 0.6) is 0 Å². The number of hydrogen-bond donors (Lipinski definition) is 0. The molecule has 4 nitrogen and oxygen atoms in total. The van der Waals surface area contributed by atoms with Crippen LogP contribution in [0.3, 0.4) is 0 Å². The third-order valence-corrected chi connectivity index (χ3v) is 3.05. The van der Waals surface area contributed by atoms with Crippen LogP contribution in [0, 0.1) is 0 Å². The van der Waals surface area contributed by atoms with Gasteiger partial charge in [0.05, 0.1) is 5.92 Å². The summed E-state index contributed by atoms with van der Waals surface area (Å²) < 4.78 is 5.36. The van der Waals surface area contributed by atoms with E-state index in [4.69, 9.17) is 4.74 Å². The molecule has 0 saturated carbocycles. The maximum atomic E-state index is 12.1. The summed E-state index contributed by atoms with van der Waals surface area (Å²) in [4.78, 5) is 24.9. The predicted octanol–water partition coefficient (Wildman–Crippen LogP) is 2.72. The van der Waals surface area contributed by atoms with Crippen molar-refractivity contribution in [3.63, 3.8) is 0 Å². The van der Waals surface area contributed by atoms with Gasteiger partial charge in [0.1, 0.15) is 11.9 Å². The molecule has 102 valence electrons. The van der Waals surface area contributed by atoms with Crippen molar-refractivity contribution < 1.29 is 14.3 Å². The van der Waals surface area contributed by atoms with Gasteiger partial charge in [0, 0.05) is 13.1 Å². The molecule has 0 bridgehead atoms. The van der Waals surface area contributed by atoms with Crippen LogP contribution in [0.1, 0.15) is 37.8 Å². The van der Waals surface area contributed by atoms with Crippen LogP contribution in [-0.2, 0) is 16.1 Å². The molecule has 1 aliphatic heterocycles. The van der Waals surface area contributed by atoms with Gasteiger partial charge in [-0.3, -0.25) is 0 Å². The molecule has 0 radical (unpaired) electrons. The van der Waals surface area contributed by atoms with Crippen LogP contribution in [0.15, 0.2) is 24.3 Å². The monoisotopic (exact) mass is 261 g/mol. The number of hydrogen-bond acceptors (Lipinski definition) is 3. The minimum Gasteiger partial charge on any atom is -0.444 e. The summed E-state index contributed by atoms with van der Waals surface area (Å²) in [6.45, 7) is 6.38. The smallest absolute Gasteiger partial charge is 0.410 e. The summed E-state index contributed by atoms with van der Waals surface area (Å²) in [6, 6.07) is 7.72. The Hall–Kier alpha value is -1.84. The third kappa shape index (κ3) is 3.13. The second-order valence-electron chi connectivity index (χ2n) is 5.80. The van der Waals surface area contributed by atoms with Crippen LogP contribution >= 0.6 is 0 Å². The molecular formula is C15H19NO3. The van der Waals surface area contributed by atoms with E-state index in [9.17, 15) is 9.59 Å². The second-order valence-corrected chi connectivity index (χ2v) is 5.80. The summed E-state index contributed by atoms with van der Waals surface area (Å²) >= 11 is 0. The molecule has 0 N–H and O–H groups in total. The lowest BCUT2D eigenvalue weighted by atomic mass is 9.91. The van der Waals surface area contributed by atoms with Crippen molar-refractivity contribution >= 4 is 12.4 Å². The van der Waals surface area contributed by atoms with Gasteiger partial charge in [0.25, 0.3) is 0 Å². The number of carbonyl (C=O) groups excluding carboxylic acids is 2. The van der Waals surface area contributed by atoms with E-state index in [-0.39, 0.29) is 12.0 Å². The number of nitrogens with zero attached hydrogens (tertiary/aromatic N) is 1. The van der Waals surface area contributed by atoms with Crippen LogP contribution in [0.4, 0.5) is 4.79 Å². The van der Waals surface area contributed by atoms with E-state index in [2.05, 4.69) is 0 Å². The number of benzene rings is 1. The van der Waals surface area contributed by atoms with Gasteiger partial charge in [-0.05, 0) is 31.9 Å². The van der Waals surface area contributed by atoms with Crippen molar-refractivity contribution in [3.8, 4) is 0 Å². The first-order valence-corrected chi connectivity index (χ1v) is 6.42. The third-order valence-electron chi connectivity index (χ3n) is 3.05. The van der Waals surface area contributed by atoms with Crippen LogP contribution < -0.4 is 0 Å². The summed E-state index contributed by atoms with van der Waals surface area (Å²) in [5.74, 6) is -0.266. The first kappa shape index (κ1) is 13.6. The van der Waals surface area contributed by atoms with E-state index in [1.807, 2.05) is 45.0 Å². The standard InChI is InChI=1S/C15H19NO3/c1-15(2,3)19-14(18)16-8-11-6-4-5-7-13(11)12(9-16)10-17/h4-7,10,12H,8-9H2,1-3H3. The summed E-state index contributed by atoms with van der Waals surface area (Å²) in [7, 11) is 0. The van der Waals surface area contributed by atoms with Crippen molar-refractivity contribution in [3.05, 3.63) is 35.4 Å². The van der Waals surface area contributed by atoms with E-state index in [1.165, 1.54) is 0 Å². The Morgan fingerprint density at radius 3 is 2.68 bits per heavy atom. The highest BCUT2D eigenvalue weighted by Crippen LogP contribution is 2.27. The van der Waals surface area contributed by atoms with Gasteiger partial charge in [0.15, 0.2) is 0 Å². The van der Waals surface area contributed by atoms with Crippen molar-refractivity contribution in [2.45, 2.75) is 38.8 Å². The predicted molar refractivity (Wildman–Crippen MR) is 71.9 cm³/mol. The second kappa shape index (κ2) is 5.03. The summed E-state index contributed by atoms with van der Waals surface area (Å²) in [5, 5.41) is 0. The molecule has 1 aromatic carbocycles. The van der Waals surface area contributed by atoms with E-state index >= 15 is 0 Å². The Labute approximate surface area is 113 Å². The Morgan fingerprint density at radius 1 is 1.37 bits per heavy atom. The van der Waals surface area contributed by atoms with E-state index < -0.39 is 5.60 Å². The SMILES string of the molecule is CC(C)(C)OC(=O)N1Cc2ccccc2C(C=O)C1. The Morgan fingerprint density at radius 2 is 2.05 bits per heavy atom. The average molecular weight is 261 g/mol. The molecule has 2 rings (SSSR count). The lowest BCUT2D eigenvalue weighted by molar-refractivity contribution is -0.109. The van der Waals surface area contributed by atoms with Crippen LogP contribution in [0.25, 0.3) is 0 Å². The fourth-order valence-corrected chi connectivity index (χ4v) is 2.23. The van der Waals surface area contributed by atoms with Gasteiger partial charge in [-0.1, -0.05) is 24.3 Å². The number of aldehydes is 1. The molecular weight excluding hydrogens is 242 g/mol. The van der Waals surface area contributed by atoms with Gasteiger partial charge in [-0.2, -0.15) is 0 Å². The van der Waals surface area contributed by atoms with E-state index in [0.717, 1.165) is 17.4 Å². The maximum absolute atomic E-state index is 12.1. The highest BCUT2D eigenvalue weighted by molar-refractivity contribution is 5.72. The fourth-order valence-electron chi connectivity index (χ4n) is 2.23. The summed E-state index contributed by atoms with van der Waals surface area (Å²) in [5.41, 5.74) is 1.50. The molecule has 1 unspecified atom stereocenters. The zero-order valence-electron chi connectivity index (χ0n) is 11.6. The van der Waals surface area contributed by atoms with Gasteiger partial charge in [-0.15, -0.1) is 0 Å². The molecule has 1 aromatic rings. The Bertz CT molecular complexity index is 490. The maximum Gasteiger partial charge on any atom is 0.410 e. The highest BCUT2D eigenvalue weighted by Gasteiger charge is 2.30. The molecule has 1 atom stereocenters. The van der Waals surface area contributed by atoms with Crippen molar-refractivity contribution in [2.75, 3.05) is 6.54 Å². The summed E-state index contributed by atoms with van der Waals surface area (Å²) in [6.07, 6.45) is 0.531. The lowest BCUT2D eigenvalue weighted by Crippen LogP contribution is -2.41. The van der Waals surface area contributed by atoms with Crippen molar-refractivity contribution in [1.82, 2.24) is 4.90 Å². The average Bonchev–Trinajstić information content (AvgIpc) is 2.35. The minimum absolute atomic E-state index is 0.266. The molecule has 0 aromatic heterocycles. The first-order valence-electron chi connectivity index (χ1n) is 6.42. The zero-order chi connectivity index (χ0) is 14.0.